The van der Waals surface area contributed by atoms with E-state index in [0.29, 0.717) is 71.4 Å². The van der Waals surface area contributed by atoms with Crippen molar-refractivity contribution < 1.29 is 34.4 Å². The summed E-state index contributed by atoms with van der Waals surface area (Å²) in [5.74, 6) is 0.287. The number of cyclic esters (lactones) is 1. The summed E-state index contributed by atoms with van der Waals surface area (Å²) in [6, 6.07) is 18.0. The van der Waals surface area contributed by atoms with Crippen LogP contribution in [0.2, 0.25) is 0 Å². The fraction of sp³-hybridized carbons (Fsp3) is 0.412. The number of amides is 1. The number of phenols is 2. The molecule has 17 nitrogen and oxygen atoms in total. The molecule has 3 aromatic heterocycles. The molecule has 2 fully saturated rings. The highest BCUT2D eigenvalue weighted by atomic mass is 16.6. The number of carbonyl (C=O) groups excluding carboxylic acids is 2. The van der Waals surface area contributed by atoms with Gasteiger partial charge in [-0.25, -0.2) is 29.0 Å². The van der Waals surface area contributed by atoms with Crippen molar-refractivity contribution in [2.45, 2.75) is 84.5 Å². The van der Waals surface area contributed by atoms with Crippen molar-refractivity contribution in [3.05, 3.63) is 115 Å². The molecule has 0 aliphatic carbocycles. The number of nitrogens with one attached hydrogen (secondary N) is 1. The molecule has 7 heterocycles. The van der Waals surface area contributed by atoms with Crippen LogP contribution in [-0.4, -0.2) is 112 Å². The smallest absolute Gasteiger partial charge is 0.415 e. The number of aromatic amines is 1. The number of ether oxygens (including phenoxy) is 2. The Morgan fingerprint density at radius 2 is 1.65 bits per heavy atom. The monoisotopic (exact) mass is 924 g/mol. The van der Waals surface area contributed by atoms with E-state index in [1.54, 1.807) is 34.6 Å². The largest absolute Gasteiger partial charge is 0.508 e. The Morgan fingerprint density at radius 3 is 2.35 bits per heavy atom. The molecule has 2 saturated heterocycles. The van der Waals surface area contributed by atoms with Crippen molar-refractivity contribution in [2.24, 2.45) is 5.92 Å². The van der Waals surface area contributed by atoms with Crippen LogP contribution in [0.15, 0.2) is 70.3 Å². The molecule has 0 bridgehead atoms. The lowest BCUT2D eigenvalue weighted by Gasteiger charge is -2.39. The number of hydrogen-bond donors (Lipinski definition) is 4. The van der Waals surface area contributed by atoms with Gasteiger partial charge >= 0.3 is 17.8 Å². The molecule has 1 atom stereocenters. The fourth-order valence-corrected chi connectivity index (χ4v) is 10.5. The number of likely N-dealkylation sites (tertiary alicyclic amines) is 1. The highest BCUT2D eigenvalue weighted by Crippen LogP contribution is 2.41. The summed E-state index contributed by atoms with van der Waals surface area (Å²) >= 11 is 0. The van der Waals surface area contributed by atoms with Gasteiger partial charge in [0.05, 0.1) is 46.9 Å². The number of H-pyrrole nitrogens is 1. The van der Waals surface area contributed by atoms with Gasteiger partial charge in [0.15, 0.2) is 11.4 Å². The first-order chi connectivity index (χ1) is 32.7. The number of aromatic nitrogens is 5. The average Bonchev–Trinajstić information content (AvgIpc) is 3.90. The number of carbonyl (C=O) groups is 2. The van der Waals surface area contributed by atoms with E-state index in [4.69, 9.17) is 14.5 Å². The molecule has 4 aliphatic rings. The highest BCUT2D eigenvalue weighted by molar-refractivity contribution is 5.90. The summed E-state index contributed by atoms with van der Waals surface area (Å²) in [5.41, 5.74) is 4.50. The summed E-state index contributed by atoms with van der Waals surface area (Å²) in [5, 5.41) is 39.9. The zero-order valence-corrected chi connectivity index (χ0v) is 38.7. The van der Waals surface area contributed by atoms with Gasteiger partial charge in [0.25, 0.3) is 5.56 Å². The minimum absolute atomic E-state index is 0.000987. The van der Waals surface area contributed by atoms with Gasteiger partial charge in [-0.15, -0.1) is 0 Å². The number of hydrogen-bond acceptors (Lipinski definition) is 13. The quantitative estimate of drug-likeness (QED) is 0.121. The van der Waals surface area contributed by atoms with Crippen LogP contribution in [-0.2, 0) is 41.1 Å². The van der Waals surface area contributed by atoms with Crippen molar-refractivity contribution in [1.82, 2.24) is 39.0 Å². The van der Waals surface area contributed by atoms with Crippen LogP contribution in [0.1, 0.15) is 86.3 Å². The zero-order chi connectivity index (χ0) is 47.6. The summed E-state index contributed by atoms with van der Waals surface area (Å²) in [7, 11) is 0. The van der Waals surface area contributed by atoms with Gasteiger partial charge in [-0.2, -0.15) is 5.10 Å². The predicted molar refractivity (Wildman–Crippen MR) is 253 cm³/mol. The number of esters is 1. The maximum atomic E-state index is 13.7. The number of pyridine rings is 2. The van der Waals surface area contributed by atoms with Crippen molar-refractivity contribution in [2.75, 3.05) is 45.9 Å². The van der Waals surface area contributed by atoms with Gasteiger partial charge in [-0.1, -0.05) is 39.8 Å². The normalized spacial score (nSPS) is 18.7. The van der Waals surface area contributed by atoms with Crippen molar-refractivity contribution in [3.8, 4) is 45.7 Å². The van der Waals surface area contributed by atoms with Crippen LogP contribution < -0.4 is 16.0 Å². The third-order valence-electron chi connectivity index (χ3n) is 14.5. The first-order valence-electron chi connectivity index (χ1n) is 23.6. The van der Waals surface area contributed by atoms with Gasteiger partial charge in [0, 0.05) is 48.8 Å². The number of nitrogens with zero attached hydrogens (tertiary/aromatic N) is 7. The van der Waals surface area contributed by atoms with Crippen molar-refractivity contribution in [1.29, 1.82) is 0 Å². The minimum Gasteiger partial charge on any atom is -0.508 e. The molecule has 17 heteroatoms. The lowest BCUT2D eigenvalue weighted by atomic mass is 9.86. The first kappa shape index (κ1) is 45.0. The Labute approximate surface area is 392 Å². The Kier molecular flexibility index (Phi) is 11.7. The predicted octanol–water partition coefficient (Wildman–Crippen LogP) is 5.75. The number of phenolic OH excluding ortho intramolecular Hbond substituents is 2. The van der Waals surface area contributed by atoms with Gasteiger partial charge < -0.3 is 34.3 Å². The van der Waals surface area contributed by atoms with Gasteiger partial charge in [-0.3, -0.25) is 14.6 Å². The SMILES string of the molecule is CCc1c2c(nc3ccc(OC(=O)N4CCN(CN5CCC(Cc6ccc(-n7c(-c8cc(C(C)C)c(O)cc8O)n[nH]c7=O)cc6)CC5)CC4)cc13)-c1cc3c(c(=O)n1C2)COC(=O)C3(O)CC. The molecular formula is C51H56N8O9. The maximum Gasteiger partial charge on any atom is 0.415 e. The molecule has 4 aliphatic heterocycles. The Bertz CT molecular complexity index is 3090. The minimum atomic E-state index is -1.90. The molecule has 0 spiro atoms. The maximum absolute atomic E-state index is 13.7. The Morgan fingerprint density at radius 1 is 0.912 bits per heavy atom. The topological polar surface area (TPSA) is 209 Å². The molecule has 68 heavy (non-hydrogen) atoms. The lowest BCUT2D eigenvalue weighted by Crippen LogP contribution is -2.53. The number of aromatic hydroxyl groups is 2. The number of piperidine rings is 1. The Balaban J connectivity index is 0.723. The molecule has 0 saturated carbocycles. The summed E-state index contributed by atoms with van der Waals surface area (Å²) in [6.07, 6.45) is 3.37. The zero-order valence-electron chi connectivity index (χ0n) is 38.7. The van der Waals surface area contributed by atoms with Gasteiger partial charge in [-0.05, 0) is 116 Å². The second kappa shape index (κ2) is 17.7. The molecule has 3 aromatic carbocycles. The second-order valence-corrected chi connectivity index (χ2v) is 18.9. The van der Waals surface area contributed by atoms with E-state index in [1.165, 1.54) is 16.2 Å². The second-order valence-electron chi connectivity index (χ2n) is 18.9. The average molecular weight is 925 g/mol. The molecule has 6 aromatic rings. The van der Waals surface area contributed by atoms with Crippen LogP contribution >= 0.6 is 0 Å². The summed E-state index contributed by atoms with van der Waals surface area (Å²) in [4.78, 5) is 64.4. The van der Waals surface area contributed by atoms with Crippen LogP contribution in [0, 0.1) is 5.92 Å². The van der Waals surface area contributed by atoms with E-state index < -0.39 is 23.4 Å². The number of rotatable bonds is 10. The fourth-order valence-electron chi connectivity index (χ4n) is 10.5. The van der Waals surface area contributed by atoms with E-state index in [9.17, 15) is 34.5 Å². The first-order valence-corrected chi connectivity index (χ1v) is 23.6. The molecular weight excluding hydrogens is 869 g/mol. The van der Waals surface area contributed by atoms with Crippen LogP contribution in [0.4, 0.5) is 4.79 Å². The van der Waals surface area contributed by atoms with Crippen molar-refractivity contribution >= 4 is 23.0 Å². The van der Waals surface area contributed by atoms with E-state index in [2.05, 4.69) is 20.0 Å². The number of aryl methyl sites for hydroxylation is 1. The van der Waals surface area contributed by atoms with Crippen molar-refractivity contribution in [3.63, 3.8) is 0 Å². The molecule has 0 radical (unpaired) electrons. The lowest BCUT2D eigenvalue weighted by molar-refractivity contribution is -0.172. The van der Waals surface area contributed by atoms with Crippen LogP contribution in [0.5, 0.6) is 17.2 Å². The molecule has 354 valence electrons. The van der Waals surface area contributed by atoms with E-state index in [-0.39, 0.29) is 53.0 Å². The molecule has 10 rings (SSSR count). The Hall–Kier alpha value is -6.82. The number of benzene rings is 3. The summed E-state index contributed by atoms with van der Waals surface area (Å²) in [6.45, 7) is 13.1. The standard InChI is InChI=1S/C51H56N8O9/c1-5-34-36-22-33(11-12-41(36)52-45-38(34)26-58-42(45)24-40-39(47(58)62)27-67-48(63)51(40,66)6-2)68-50(65)57-19-17-56(18-20-57)28-55-15-13-31(14-16-55)21-30-7-9-32(10-8-30)59-46(53-54-49(59)64)37-23-35(29(3)4)43(60)25-44(37)61/h7-12,22-25,29,31,60-61,66H,5-6,13-21,26-28H2,1-4H3,(H,54,64). The molecule has 1 amide bonds. The van der Waals surface area contributed by atoms with Gasteiger partial charge in [0.2, 0.25) is 0 Å². The van der Waals surface area contributed by atoms with Crippen LogP contribution in [0.25, 0.3) is 39.4 Å². The summed E-state index contributed by atoms with van der Waals surface area (Å²) < 4.78 is 14.3. The third-order valence-corrected chi connectivity index (χ3v) is 14.5. The van der Waals surface area contributed by atoms with Crippen LogP contribution in [0.3, 0.4) is 0 Å². The molecule has 4 N–H and O–H groups in total. The van der Waals surface area contributed by atoms with E-state index in [0.717, 1.165) is 68.6 Å². The highest BCUT2D eigenvalue weighted by Gasteiger charge is 2.45. The van der Waals surface area contributed by atoms with E-state index in [1.807, 2.05) is 57.2 Å². The van der Waals surface area contributed by atoms with E-state index >= 15 is 0 Å². The number of piperazine rings is 1. The number of fused-ring (bicyclic) bond motifs is 5. The third kappa shape index (κ3) is 7.91. The number of aliphatic hydroxyl groups is 1. The molecule has 1 unspecified atom stereocenters. The van der Waals surface area contributed by atoms with Gasteiger partial charge in [0.1, 0.15) is 23.9 Å².